The summed E-state index contributed by atoms with van der Waals surface area (Å²) in [7, 11) is 0. The van der Waals surface area contributed by atoms with Crippen LogP contribution in [-0.4, -0.2) is 28.3 Å². The monoisotopic (exact) mass is 196 g/mol. The number of carbonyl (C=O) groups is 3. The molecule has 5 heteroatoms. The summed E-state index contributed by atoms with van der Waals surface area (Å²) in [6.07, 6.45) is 2.15. The van der Waals surface area contributed by atoms with Crippen molar-refractivity contribution in [3.8, 4) is 0 Å². The Bertz CT molecular complexity index is 307. The lowest BCUT2D eigenvalue weighted by Crippen LogP contribution is -2.50. The molecule has 1 aliphatic rings. The largest absolute Gasteiger partial charge is 0.333 e. The minimum Gasteiger partial charge on any atom is -0.333 e. The smallest absolute Gasteiger partial charge is 0.331 e. The van der Waals surface area contributed by atoms with Crippen LogP contribution in [0, 0.1) is 0 Å². The molecule has 0 atom stereocenters. The van der Waals surface area contributed by atoms with E-state index in [0.717, 1.165) is 12.2 Å². The number of amides is 4. The molecule has 0 aliphatic carbocycles. The average Bonchev–Trinajstić information content (AvgIpc) is 2.27. The first-order valence-corrected chi connectivity index (χ1v) is 4.19. The van der Waals surface area contributed by atoms with Crippen molar-refractivity contribution in [2.45, 2.75) is 26.3 Å². The summed E-state index contributed by atoms with van der Waals surface area (Å²) in [5.74, 6) is -1.20. The quantitative estimate of drug-likeness (QED) is 0.571. The van der Waals surface area contributed by atoms with Crippen molar-refractivity contribution < 1.29 is 14.4 Å². The minimum absolute atomic E-state index is 0.472. The van der Waals surface area contributed by atoms with Crippen LogP contribution in [0.1, 0.15) is 20.8 Å². The molecule has 0 saturated carbocycles. The maximum absolute atomic E-state index is 11.4. The highest BCUT2D eigenvalue weighted by atomic mass is 16.2. The zero-order chi connectivity index (χ0) is 10.9. The van der Waals surface area contributed by atoms with Crippen LogP contribution in [0.4, 0.5) is 4.79 Å². The lowest BCUT2D eigenvalue weighted by molar-refractivity contribution is -0.133. The molecular weight excluding hydrogens is 184 g/mol. The molecule has 5 nitrogen and oxygen atoms in total. The molecule has 1 aliphatic heterocycles. The van der Waals surface area contributed by atoms with Gasteiger partial charge in [0.15, 0.2) is 0 Å². The highest BCUT2D eigenvalue weighted by Gasteiger charge is 2.31. The van der Waals surface area contributed by atoms with E-state index in [1.165, 1.54) is 0 Å². The Labute approximate surface area is 81.8 Å². The van der Waals surface area contributed by atoms with Crippen LogP contribution in [0.2, 0.25) is 0 Å². The van der Waals surface area contributed by atoms with Gasteiger partial charge < -0.3 is 5.32 Å². The van der Waals surface area contributed by atoms with Crippen molar-refractivity contribution in [1.82, 2.24) is 10.2 Å². The molecule has 0 bridgehead atoms. The standard InChI is InChI=1S/C9H12N2O3/c1-9(2,3)10-8(14)11-6(12)4-5-7(11)13/h4-5H,1-3H3,(H,10,14). The second-order valence-electron chi connectivity index (χ2n) is 4.03. The van der Waals surface area contributed by atoms with Crippen LogP contribution < -0.4 is 5.32 Å². The van der Waals surface area contributed by atoms with E-state index in [-0.39, 0.29) is 0 Å². The molecule has 0 saturated heterocycles. The van der Waals surface area contributed by atoms with E-state index in [1.807, 2.05) is 0 Å². The van der Waals surface area contributed by atoms with E-state index in [9.17, 15) is 14.4 Å². The van der Waals surface area contributed by atoms with Gasteiger partial charge in [-0.2, -0.15) is 4.90 Å². The molecule has 0 unspecified atom stereocenters. The van der Waals surface area contributed by atoms with Crippen molar-refractivity contribution in [2.24, 2.45) is 0 Å². The van der Waals surface area contributed by atoms with Gasteiger partial charge >= 0.3 is 6.03 Å². The van der Waals surface area contributed by atoms with E-state index in [0.29, 0.717) is 4.90 Å². The first-order valence-electron chi connectivity index (χ1n) is 4.19. The average molecular weight is 196 g/mol. The molecule has 0 spiro atoms. The number of nitrogens with one attached hydrogen (secondary N) is 1. The highest BCUT2D eigenvalue weighted by Crippen LogP contribution is 2.06. The fraction of sp³-hybridized carbons (Fsp3) is 0.444. The Morgan fingerprint density at radius 3 is 2.00 bits per heavy atom. The number of rotatable bonds is 0. The van der Waals surface area contributed by atoms with Gasteiger partial charge in [-0.3, -0.25) is 9.59 Å². The van der Waals surface area contributed by atoms with Crippen molar-refractivity contribution in [3.05, 3.63) is 12.2 Å². The normalized spacial score (nSPS) is 16.4. The SMILES string of the molecule is CC(C)(C)NC(=O)N1C(=O)C=CC1=O. The Morgan fingerprint density at radius 2 is 1.64 bits per heavy atom. The highest BCUT2D eigenvalue weighted by molar-refractivity contribution is 6.22. The molecule has 0 aromatic carbocycles. The summed E-state index contributed by atoms with van der Waals surface area (Å²) in [5, 5.41) is 2.53. The van der Waals surface area contributed by atoms with Gasteiger partial charge in [0.2, 0.25) is 0 Å². The fourth-order valence-electron chi connectivity index (χ4n) is 0.977. The van der Waals surface area contributed by atoms with Crippen molar-refractivity contribution >= 4 is 17.8 Å². The van der Waals surface area contributed by atoms with Crippen LogP contribution in [0.25, 0.3) is 0 Å². The molecule has 1 heterocycles. The second-order valence-corrected chi connectivity index (χ2v) is 4.03. The number of hydrogen-bond acceptors (Lipinski definition) is 3. The minimum atomic E-state index is -0.683. The van der Waals surface area contributed by atoms with Crippen molar-refractivity contribution in [1.29, 1.82) is 0 Å². The zero-order valence-electron chi connectivity index (χ0n) is 8.33. The number of imide groups is 3. The van der Waals surface area contributed by atoms with Gasteiger partial charge in [-0.15, -0.1) is 0 Å². The van der Waals surface area contributed by atoms with Gasteiger partial charge in [-0.1, -0.05) is 0 Å². The van der Waals surface area contributed by atoms with E-state index >= 15 is 0 Å². The Hall–Kier alpha value is -1.65. The van der Waals surface area contributed by atoms with E-state index in [1.54, 1.807) is 20.8 Å². The summed E-state index contributed by atoms with van der Waals surface area (Å²) < 4.78 is 0. The maximum Gasteiger partial charge on any atom is 0.331 e. The van der Waals surface area contributed by atoms with Gasteiger partial charge in [0, 0.05) is 17.7 Å². The molecule has 76 valence electrons. The fourth-order valence-corrected chi connectivity index (χ4v) is 0.977. The van der Waals surface area contributed by atoms with Gasteiger partial charge in [0.05, 0.1) is 0 Å². The van der Waals surface area contributed by atoms with Gasteiger partial charge in [0.25, 0.3) is 11.8 Å². The molecular formula is C9H12N2O3. The molecule has 1 N–H and O–H groups in total. The predicted molar refractivity (Wildman–Crippen MR) is 49.3 cm³/mol. The van der Waals surface area contributed by atoms with Gasteiger partial charge in [-0.25, -0.2) is 4.79 Å². The number of nitrogens with zero attached hydrogens (tertiary/aromatic N) is 1. The van der Waals surface area contributed by atoms with E-state index < -0.39 is 23.4 Å². The number of hydrogen-bond donors (Lipinski definition) is 1. The molecule has 1 rings (SSSR count). The first kappa shape index (κ1) is 10.4. The molecule has 0 radical (unpaired) electrons. The summed E-state index contributed by atoms with van der Waals surface area (Å²) in [5.41, 5.74) is -0.472. The molecule has 0 fully saturated rings. The third-order valence-corrected chi connectivity index (χ3v) is 1.49. The van der Waals surface area contributed by atoms with Crippen LogP contribution in [0.5, 0.6) is 0 Å². The molecule has 0 aromatic heterocycles. The van der Waals surface area contributed by atoms with Crippen LogP contribution in [0.3, 0.4) is 0 Å². The summed E-state index contributed by atoms with van der Waals surface area (Å²) >= 11 is 0. The van der Waals surface area contributed by atoms with Crippen LogP contribution in [-0.2, 0) is 9.59 Å². The topological polar surface area (TPSA) is 66.5 Å². The van der Waals surface area contributed by atoms with Crippen LogP contribution >= 0.6 is 0 Å². The zero-order valence-corrected chi connectivity index (χ0v) is 8.33. The van der Waals surface area contributed by atoms with Crippen molar-refractivity contribution in [2.75, 3.05) is 0 Å². The first-order chi connectivity index (χ1) is 6.31. The number of carbonyl (C=O) groups excluding carboxylic acids is 3. The maximum atomic E-state index is 11.4. The Kier molecular flexibility index (Phi) is 2.42. The summed E-state index contributed by atoms with van der Waals surface area (Å²) in [6, 6.07) is -0.683. The summed E-state index contributed by atoms with van der Waals surface area (Å²) in [4.78, 5) is 34.1. The summed E-state index contributed by atoms with van der Waals surface area (Å²) in [6.45, 7) is 5.30. The van der Waals surface area contributed by atoms with Crippen LogP contribution in [0.15, 0.2) is 12.2 Å². The Morgan fingerprint density at radius 1 is 1.21 bits per heavy atom. The lowest BCUT2D eigenvalue weighted by Gasteiger charge is -2.23. The predicted octanol–water partition coefficient (Wildman–Crippen LogP) is 0.420. The number of urea groups is 1. The lowest BCUT2D eigenvalue weighted by atomic mass is 10.1. The van der Waals surface area contributed by atoms with E-state index in [4.69, 9.17) is 0 Å². The molecule has 0 aromatic rings. The third-order valence-electron chi connectivity index (χ3n) is 1.49. The molecule has 4 amide bonds. The van der Waals surface area contributed by atoms with Gasteiger partial charge in [0.1, 0.15) is 0 Å². The van der Waals surface area contributed by atoms with Crippen molar-refractivity contribution in [3.63, 3.8) is 0 Å². The Balaban J connectivity index is 2.72. The third kappa shape index (κ3) is 2.18. The van der Waals surface area contributed by atoms with E-state index in [2.05, 4.69) is 5.32 Å². The van der Waals surface area contributed by atoms with Gasteiger partial charge in [-0.05, 0) is 20.8 Å². The molecule has 14 heavy (non-hydrogen) atoms. The second kappa shape index (κ2) is 3.25.